The first-order valence-corrected chi connectivity index (χ1v) is 12.4. The molecule has 1 fully saturated rings. The predicted molar refractivity (Wildman–Crippen MR) is 150 cm³/mol. The van der Waals surface area contributed by atoms with Crippen LogP contribution in [-0.4, -0.2) is 40.4 Å². The summed E-state index contributed by atoms with van der Waals surface area (Å²) in [5, 5.41) is 24.6. The summed E-state index contributed by atoms with van der Waals surface area (Å²) < 4.78 is 0. The Hall–Kier alpha value is -3.14. The smallest absolute Gasteiger partial charge is 0.410 e. The topological polar surface area (TPSA) is 157 Å². The lowest BCUT2D eigenvalue weighted by molar-refractivity contribution is -0.134. The predicted octanol–water partition coefficient (Wildman–Crippen LogP) is 3.30. The fourth-order valence-electron chi connectivity index (χ4n) is 5.27. The first-order valence-electron chi connectivity index (χ1n) is 12.4. The molecule has 9 nitrogen and oxygen atoms in total. The summed E-state index contributed by atoms with van der Waals surface area (Å²) in [6.07, 6.45) is 4.69. The van der Waals surface area contributed by atoms with Crippen molar-refractivity contribution < 1.29 is 19.5 Å². The molecule has 0 aliphatic heterocycles. The highest BCUT2D eigenvalue weighted by Crippen LogP contribution is 2.32. The highest BCUT2D eigenvalue weighted by Gasteiger charge is 2.46. The summed E-state index contributed by atoms with van der Waals surface area (Å²) in [4.78, 5) is 37.5. The van der Waals surface area contributed by atoms with E-state index in [9.17, 15) is 14.4 Å². The maximum atomic E-state index is 13.6. The molecule has 0 unspecified atom stereocenters. The summed E-state index contributed by atoms with van der Waals surface area (Å²) in [6, 6.07) is 13.9. The molecule has 206 valence electrons. The first-order chi connectivity index (χ1) is 17.3. The van der Waals surface area contributed by atoms with Gasteiger partial charge in [0.2, 0.25) is 11.8 Å². The molecular weight excluding hydrogens is 529 g/mol. The Kier molecular flexibility index (Phi) is 11.1. The number of hydrogen-bond acceptors (Lipinski definition) is 5. The number of carbonyl (C=O) groups excluding carboxylic acids is 2. The summed E-state index contributed by atoms with van der Waals surface area (Å²) in [7, 11) is 0. The number of carbonyl (C=O) groups is 3. The second-order valence-electron chi connectivity index (χ2n) is 9.80. The van der Waals surface area contributed by atoms with Gasteiger partial charge in [-0.1, -0.05) is 67.8 Å². The van der Waals surface area contributed by atoms with Crippen molar-refractivity contribution in [1.29, 1.82) is 5.41 Å². The van der Waals surface area contributed by atoms with E-state index in [2.05, 4.69) is 10.6 Å². The average molecular weight is 565 g/mol. The summed E-state index contributed by atoms with van der Waals surface area (Å²) in [5.74, 6) is -0.640. The van der Waals surface area contributed by atoms with Gasteiger partial charge in [-0.15, -0.1) is 24.8 Å². The minimum atomic E-state index is -1.30. The van der Waals surface area contributed by atoms with Crippen LogP contribution in [0.1, 0.15) is 54.4 Å². The number of amides is 3. The summed E-state index contributed by atoms with van der Waals surface area (Å²) >= 11 is 0. The van der Waals surface area contributed by atoms with Gasteiger partial charge in [0.25, 0.3) is 0 Å². The fourth-order valence-corrected chi connectivity index (χ4v) is 5.27. The Morgan fingerprint density at radius 2 is 1.55 bits per heavy atom. The molecule has 7 N–H and O–H groups in total. The van der Waals surface area contributed by atoms with Crippen molar-refractivity contribution in [2.75, 3.05) is 0 Å². The zero-order valence-corrected chi connectivity index (χ0v) is 22.6. The SMILES string of the molecule is Cl.Cl.N=C(NC(=O)O)c1ccc(CNC(=O)C2(NC(=O)[C@H](N)C3CCCCC3)Cc3ccccc3C2)cc1. The van der Waals surface area contributed by atoms with E-state index >= 15 is 0 Å². The lowest BCUT2D eigenvalue weighted by Crippen LogP contribution is -2.63. The third kappa shape index (κ3) is 7.24. The lowest BCUT2D eigenvalue weighted by Gasteiger charge is -2.33. The maximum absolute atomic E-state index is 13.6. The number of benzene rings is 2. The molecule has 2 aliphatic rings. The van der Waals surface area contributed by atoms with Crippen LogP contribution in [-0.2, 0) is 29.0 Å². The van der Waals surface area contributed by atoms with Crippen LogP contribution in [0.15, 0.2) is 48.5 Å². The van der Waals surface area contributed by atoms with Crippen LogP contribution in [0.3, 0.4) is 0 Å². The Morgan fingerprint density at radius 3 is 2.11 bits per heavy atom. The Bertz CT molecular complexity index is 1130. The van der Waals surface area contributed by atoms with E-state index < -0.39 is 17.7 Å². The Morgan fingerprint density at radius 1 is 0.974 bits per heavy atom. The molecule has 0 saturated heterocycles. The molecule has 1 atom stereocenters. The van der Waals surface area contributed by atoms with E-state index in [-0.39, 0.29) is 54.9 Å². The van der Waals surface area contributed by atoms with Crippen molar-refractivity contribution >= 4 is 48.6 Å². The maximum Gasteiger partial charge on any atom is 0.410 e. The van der Waals surface area contributed by atoms with E-state index in [1.165, 1.54) is 6.42 Å². The molecule has 0 aromatic heterocycles. The van der Waals surface area contributed by atoms with Crippen molar-refractivity contribution in [3.05, 3.63) is 70.8 Å². The average Bonchev–Trinajstić information content (AvgIpc) is 3.26. The summed E-state index contributed by atoms with van der Waals surface area (Å²) in [5.41, 5.74) is 8.52. The van der Waals surface area contributed by atoms with Crippen molar-refractivity contribution in [3.8, 4) is 0 Å². The van der Waals surface area contributed by atoms with Gasteiger partial charge in [-0.2, -0.15) is 0 Å². The zero-order valence-electron chi connectivity index (χ0n) is 21.0. The van der Waals surface area contributed by atoms with Gasteiger partial charge in [0, 0.05) is 24.9 Å². The molecule has 0 radical (unpaired) electrons. The van der Waals surface area contributed by atoms with E-state index in [4.69, 9.17) is 16.2 Å². The van der Waals surface area contributed by atoms with Crippen LogP contribution < -0.4 is 21.7 Å². The number of nitrogens with one attached hydrogen (secondary N) is 4. The number of carboxylic acid groups (broad SMARTS) is 1. The summed E-state index contributed by atoms with van der Waals surface area (Å²) in [6.45, 7) is 0.224. The van der Waals surface area contributed by atoms with Crippen LogP contribution in [0.4, 0.5) is 4.79 Å². The van der Waals surface area contributed by atoms with Gasteiger partial charge in [0.1, 0.15) is 11.4 Å². The molecule has 11 heteroatoms. The molecule has 0 heterocycles. The van der Waals surface area contributed by atoms with Gasteiger partial charge in [0.15, 0.2) is 0 Å². The van der Waals surface area contributed by atoms with Crippen molar-refractivity contribution in [3.63, 3.8) is 0 Å². The molecule has 0 spiro atoms. The standard InChI is InChI=1S/C27H33N5O4.2ClH/c28-22(18-6-2-1-3-7-18)24(33)32-27(14-20-8-4-5-9-21(20)15-27)25(34)30-16-17-10-12-19(13-11-17)23(29)31-26(35)36;;/h4-5,8-13,18,22H,1-3,6-7,14-16,28H2,(H2,29,31)(H,30,34)(H,32,33)(H,35,36);2*1H/t22-;;/m1../s1. The number of rotatable bonds is 7. The van der Waals surface area contributed by atoms with Crippen LogP contribution in [0.5, 0.6) is 0 Å². The second-order valence-corrected chi connectivity index (χ2v) is 9.80. The highest BCUT2D eigenvalue weighted by molar-refractivity contribution is 6.04. The Balaban J connectivity index is 0.00000253. The van der Waals surface area contributed by atoms with Gasteiger partial charge in [-0.3, -0.25) is 20.3 Å². The lowest BCUT2D eigenvalue weighted by atomic mass is 9.83. The van der Waals surface area contributed by atoms with Gasteiger partial charge < -0.3 is 21.5 Å². The van der Waals surface area contributed by atoms with Crippen molar-refractivity contribution in [1.82, 2.24) is 16.0 Å². The monoisotopic (exact) mass is 563 g/mol. The van der Waals surface area contributed by atoms with Crippen LogP contribution in [0.2, 0.25) is 0 Å². The second kappa shape index (κ2) is 13.6. The van der Waals surface area contributed by atoms with E-state index in [1.54, 1.807) is 24.3 Å². The molecule has 3 amide bonds. The van der Waals surface area contributed by atoms with Gasteiger partial charge in [0.05, 0.1) is 6.04 Å². The third-order valence-electron chi connectivity index (χ3n) is 7.29. The molecule has 0 bridgehead atoms. The molecule has 1 saturated carbocycles. The van der Waals surface area contributed by atoms with Crippen molar-refractivity contribution in [2.45, 2.75) is 63.1 Å². The van der Waals surface area contributed by atoms with Gasteiger partial charge in [-0.25, -0.2) is 4.79 Å². The van der Waals surface area contributed by atoms with Crippen LogP contribution >= 0.6 is 24.8 Å². The number of amidine groups is 1. The van der Waals surface area contributed by atoms with Crippen LogP contribution in [0, 0.1) is 11.3 Å². The number of hydrogen-bond donors (Lipinski definition) is 6. The van der Waals surface area contributed by atoms with E-state index in [1.807, 2.05) is 29.6 Å². The third-order valence-corrected chi connectivity index (χ3v) is 7.29. The molecule has 38 heavy (non-hydrogen) atoms. The molecule has 2 aromatic carbocycles. The highest BCUT2D eigenvalue weighted by atomic mass is 35.5. The quantitative estimate of drug-likeness (QED) is 0.225. The number of nitrogens with two attached hydrogens (primary N) is 1. The van der Waals surface area contributed by atoms with Gasteiger partial charge in [-0.05, 0) is 35.4 Å². The molecule has 4 rings (SSSR count). The largest absolute Gasteiger partial charge is 0.465 e. The fraction of sp³-hybridized carbons (Fsp3) is 0.407. The van der Waals surface area contributed by atoms with Crippen molar-refractivity contribution in [2.24, 2.45) is 11.7 Å². The Labute approximate surface area is 234 Å². The van der Waals surface area contributed by atoms with E-state index in [0.29, 0.717) is 18.4 Å². The first kappa shape index (κ1) is 31.1. The number of halogens is 2. The normalized spacial score (nSPS) is 16.6. The minimum Gasteiger partial charge on any atom is -0.465 e. The molecular formula is C27H35Cl2N5O4. The molecule has 2 aromatic rings. The number of fused-ring (bicyclic) bond motifs is 1. The minimum absolute atomic E-state index is 0. The van der Waals surface area contributed by atoms with Crippen LogP contribution in [0.25, 0.3) is 0 Å². The molecule has 2 aliphatic carbocycles. The van der Waals surface area contributed by atoms with E-state index in [0.717, 1.165) is 42.4 Å². The zero-order chi connectivity index (χ0) is 25.7. The van der Waals surface area contributed by atoms with Gasteiger partial charge >= 0.3 is 6.09 Å².